The molecule has 0 aromatic heterocycles. The van der Waals surface area contributed by atoms with Crippen LogP contribution in [0.15, 0.2) is 30.3 Å². The number of benzene rings is 1. The van der Waals surface area contributed by atoms with Crippen molar-refractivity contribution in [2.75, 3.05) is 59.0 Å². The first-order valence-electron chi connectivity index (χ1n) is 9.37. The van der Waals surface area contributed by atoms with E-state index in [-0.39, 0.29) is 18.6 Å². The summed E-state index contributed by atoms with van der Waals surface area (Å²) in [6.07, 6.45) is 0.910. The third kappa shape index (κ3) is 5.42. The number of urea groups is 1. The Balaban J connectivity index is 1.30. The Bertz CT molecular complexity index is 531. The van der Waals surface area contributed by atoms with Crippen LogP contribution in [0.1, 0.15) is 12.0 Å². The molecule has 0 bridgehead atoms. The average molecular weight is 346 g/mol. The van der Waals surface area contributed by atoms with Gasteiger partial charge in [0.05, 0.1) is 0 Å². The number of aliphatic hydroxyl groups excluding tert-OH is 1. The number of nitrogens with zero attached hydrogens (tertiary/aromatic N) is 3. The van der Waals surface area contributed by atoms with Crippen molar-refractivity contribution in [2.24, 2.45) is 5.92 Å². The number of nitrogens with one attached hydrogen (secondary N) is 1. The number of piperazine rings is 1. The van der Waals surface area contributed by atoms with Crippen LogP contribution in [0.2, 0.25) is 0 Å². The number of carbonyl (C=O) groups is 1. The van der Waals surface area contributed by atoms with Gasteiger partial charge in [0.2, 0.25) is 0 Å². The highest BCUT2D eigenvalue weighted by molar-refractivity contribution is 5.74. The predicted octanol–water partition coefficient (Wildman–Crippen LogP) is 0.828. The molecular weight excluding hydrogens is 316 g/mol. The van der Waals surface area contributed by atoms with Crippen molar-refractivity contribution in [3.05, 3.63) is 35.9 Å². The van der Waals surface area contributed by atoms with Crippen molar-refractivity contribution in [1.29, 1.82) is 0 Å². The second-order valence-corrected chi connectivity index (χ2v) is 7.12. The molecule has 0 saturated carbocycles. The maximum atomic E-state index is 12.1. The summed E-state index contributed by atoms with van der Waals surface area (Å²) in [7, 11) is 0. The van der Waals surface area contributed by atoms with Gasteiger partial charge in [-0.3, -0.25) is 9.80 Å². The van der Waals surface area contributed by atoms with Gasteiger partial charge in [-0.05, 0) is 12.0 Å². The van der Waals surface area contributed by atoms with Gasteiger partial charge in [0.15, 0.2) is 0 Å². The zero-order valence-corrected chi connectivity index (χ0v) is 14.9. The van der Waals surface area contributed by atoms with Crippen molar-refractivity contribution < 1.29 is 9.90 Å². The van der Waals surface area contributed by atoms with Gasteiger partial charge in [0, 0.05) is 71.4 Å². The second-order valence-electron chi connectivity index (χ2n) is 7.12. The van der Waals surface area contributed by atoms with E-state index in [1.165, 1.54) is 5.56 Å². The van der Waals surface area contributed by atoms with Crippen LogP contribution in [0.4, 0.5) is 4.79 Å². The normalized spacial score (nSPS) is 22.3. The van der Waals surface area contributed by atoms with Gasteiger partial charge < -0.3 is 15.3 Å². The number of rotatable bonds is 6. The van der Waals surface area contributed by atoms with E-state index in [0.717, 1.165) is 52.2 Å². The number of amides is 2. The number of aliphatic hydroxyl groups is 1. The zero-order chi connectivity index (χ0) is 17.5. The first kappa shape index (κ1) is 18.2. The quantitative estimate of drug-likeness (QED) is 0.801. The second kappa shape index (κ2) is 9.17. The van der Waals surface area contributed by atoms with Gasteiger partial charge in [0.25, 0.3) is 0 Å². The van der Waals surface area contributed by atoms with Crippen molar-refractivity contribution in [2.45, 2.75) is 13.0 Å². The Labute approximate surface area is 150 Å². The minimum atomic E-state index is 0.0127. The highest BCUT2D eigenvalue weighted by Crippen LogP contribution is 2.15. The molecule has 3 rings (SSSR count). The number of hydrogen-bond donors (Lipinski definition) is 2. The van der Waals surface area contributed by atoms with Crippen molar-refractivity contribution in [3.63, 3.8) is 0 Å². The summed E-state index contributed by atoms with van der Waals surface area (Å²) in [5, 5.41) is 12.2. The summed E-state index contributed by atoms with van der Waals surface area (Å²) in [6.45, 7) is 8.50. The average Bonchev–Trinajstić information content (AvgIpc) is 3.13. The zero-order valence-electron chi connectivity index (χ0n) is 14.9. The highest BCUT2D eigenvalue weighted by atomic mass is 16.3. The predicted molar refractivity (Wildman–Crippen MR) is 98.3 cm³/mol. The number of carbonyl (C=O) groups excluding carboxylic acids is 1. The molecule has 2 amide bonds. The van der Waals surface area contributed by atoms with Gasteiger partial charge in [-0.1, -0.05) is 30.3 Å². The van der Waals surface area contributed by atoms with Gasteiger partial charge in [-0.2, -0.15) is 0 Å². The summed E-state index contributed by atoms with van der Waals surface area (Å²) in [6, 6.07) is 10.6. The molecule has 1 aromatic rings. The van der Waals surface area contributed by atoms with E-state index in [1.807, 2.05) is 4.90 Å². The van der Waals surface area contributed by atoms with Crippen LogP contribution in [0.5, 0.6) is 0 Å². The molecule has 1 unspecified atom stereocenters. The van der Waals surface area contributed by atoms with E-state index >= 15 is 0 Å². The van der Waals surface area contributed by atoms with Crippen LogP contribution < -0.4 is 5.32 Å². The van der Waals surface area contributed by atoms with Gasteiger partial charge in [-0.25, -0.2) is 4.79 Å². The topological polar surface area (TPSA) is 59.1 Å². The molecule has 2 heterocycles. The van der Waals surface area contributed by atoms with E-state index in [1.54, 1.807) is 0 Å². The third-order valence-electron chi connectivity index (χ3n) is 5.25. The molecule has 25 heavy (non-hydrogen) atoms. The molecule has 0 aliphatic carbocycles. The van der Waals surface area contributed by atoms with Gasteiger partial charge in [0.1, 0.15) is 0 Å². The van der Waals surface area contributed by atoms with Crippen LogP contribution in [0.3, 0.4) is 0 Å². The smallest absolute Gasteiger partial charge is 0.317 e. The Morgan fingerprint density at radius 3 is 2.48 bits per heavy atom. The lowest BCUT2D eigenvalue weighted by atomic mass is 10.1. The molecule has 138 valence electrons. The van der Waals surface area contributed by atoms with E-state index in [0.29, 0.717) is 13.1 Å². The molecule has 1 atom stereocenters. The molecule has 6 nitrogen and oxygen atoms in total. The molecule has 2 N–H and O–H groups in total. The minimum absolute atomic E-state index is 0.0127. The molecule has 2 fully saturated rings. The molecule has 0 radical (unpaired) electrons. The van der Waals surface area contributed by atoms with E-state index in [2.05, 4.69) is 45.4 Å². The largest absolute Gasteiger partial charge is 0.396 e. The van der Waals surface area contributed by atoms with E-state index in [9.17, 15) is 4.79 Å². The summed E-state index contributed by atoms with van der Waals surface area (Å²) in [5.41, 5.74) is 1.37. The third-order valence-corrected chi connectivity index (χ3v) is 5.25. The van der Waals surface area contributed by atoms with Crippen LogP contribution in [-0.4, -0.2) is 84.8 Å². The summed E-state index contributed by atoms with van der Waals surface area (Å²) in [5.74, 6) is 0.253. The van der Waals surface area contributed by atoms with Crippen molar-refractivity contribution in [1.82, 2.24) is 20.0 Å². The van der Waals surface area contributed by atoms with Crippen LogP contribution in [0, 0.1) is 5.92 Å². The molecule has 0 spiro atoms. The van der Waals surface area contributed by atoms with Crippen molar-refractivity contribution >= 4 is 6.03 Å². The molecule has 2 saturated heterocycles. The lowest BCUT2D eigenvalue weighted by Gasteiger charge is -2.34. The maximum absolute atomic E-state index is 12.1. The summed E-state index contributed by atoms with van der Waals surface area (Å²) >= 11 is 0. The number of likely N-dealkylation sites (tertiary alicyclic amines) is 1. The fourth-order valence-corrected chi connectivity index (χ4v) is 3.61. The van der Waals surface area contributed by atoms with Gasteiger partial charge in [-0.15, -0.1) is 0 Å². The Morgan fingerprint density at radius 2 is 1.80 bits per heavy atom. The lowest BCUT2D eigenvalue weighted by Crippen LogP contribution is -2.49. The Morgan fingerprint density at radius 1 is 1.08 bits per heavy atom. The van der Waals surface area contributed by atoms with Crippen LogP contribution >= 0.6 is 0 Å². The Hall–Kier alpha value is -1.63. The lowest BCUT2D eigenvalue weighted by molar-refractivity contribution is 0.127. The molecular formula is C19H30N4O2. The van der Waals surface area contributed by atoms with Crippen LogP contribution in [0.25, 0.3) is 0 Å². The minimum Gasteiger partial charge on any atom is -0.396 e. The molecule has 2 aliphatic heterocycles. The van der Waals surface area contributed by atoms with Crippen molar-refractivity contribution in [3.8, 4) is 0 Å². The fraction of sp³-hybridized carbons (Fsp3) is 0.632. The molecule has 6 heteroatoms. The van der Waals surface area contributed by atoms with E-state index < -0.39 is 0 Å². The van der Waals surface area contributed by atoms with Crippen LogP contribution in [-0.2, 0) is 6.54 Å². The summed E-state index contributed by atoms with van der Waals surface area (Å²) in [4.78, 5) is 18.8. The standard InChI is InChI=1S/C19H30N4O2/c24-16-18-6-8-23(15-18)19(25)20-7-9-21-10-12-22(13-11-21)14-17-4-2-1-3-5-17/h1-5,18,24H,6-16H2,(H,20,25). The Kier molecular flexibility index (Phi) is 6.67. The SMILES string of the molecule is O=C(NCCN1CCN(Cc2ccccc2)CC1)N1CCC(CO)C1. The first-order valence-corrected chi connectivity index (χ1v) is 9.37. The maximum Gasteiger partial charge on any atom is 0.317 e. The molecule has 1 aromatic carbocycles. The summed E-state index contributed by atoms with van der Waals surface area (Å²) < 4.78 is 0. The first-order chi connectivity index (χ1) is 12.2. The van der Waals surface area contributed by atoms with E-state index in [4.69, 9.17) is 5.11 Å². The fourth-order valence-electron chi connectivity index (χ4n) is 3.61. The van der Waals surface area contributed by atoms with Gasteiger partial charge >= 0.3 is 6.03 Å². The highest BCUT2D eigenvalue weighted by Gasteiger charge is 2.25. The number of hydrogen-bond acceptors (Lipinski definition) is 4. The monoisotopic (exact) mass is 346 g/mol. The molecule has 2 aliphatic rings.